The molecule has 0 aliphatic rings. The van der Waals surface area contributed by atoms with Crippen LogP contribution in [0.3, 0.4) is 0 Å². The maximum atomic E-state index is 11.5. The summed E-state index contributed by atoms with van der Waals surface area (Å²) >= 11 is 0. The molecule has 0 fully saturated rings. The van der Waals surface area contributed by atoms with Gasteiger partial charge in [-0.25, -0.2) is 4.79 Å². The van der Waals surface area contributed by atoms with Crippen LogP contribution in [-0.4, -0.2) is 19.2 Å². The van der Waals surface area contributed by atoms with Crippen LogP contribution < -0.4 is 4.74 Å². The van der Waals surface area contributed by atoms with Gasteiger partial charge in [0, 0.05) is 0 Å². The van der Waals surface area contributed by atoms with E-state index in [1.807, 2.05) is 13.0 Å². The summed E-state index contributed by atoms with van der Waals surface area (Å²) in [4.78, 5) is 11.5. The Hall–Kier alpha value is -2.54. The van der Waals surface area contributed by atoms with Gasteiger partial charge in [-0.3, -0.25) is 0 Å². The van der Waals surface area contributed by atoms with Gasteiger partial charge in [0.1, 0.15) is 24.0 Å². The molecule has 98 valence electrons. The van der Waals surface area contributed by atoms with Crippen molar-refractivity contribution in [3.63, 3.8) is 0 Å². The van der Waals surface area contributed by atoms with E-state index in [2.05, 4.69) is 6.58 Å². The first-order chi connectivity index (χ1) is 9.21. The number of carbonyl (C=O) groups is 1. The molecule has 0 radical (unpaired) electrons. The fraction of sp³-hybridized carbons (Fsp3) is 0.200. The quantitative estimate of drug-likeness (QED) is 0.340. The van der Waals surface area contributed by atoms with Crippen molar-refractivity contribution >= 4 is 12.0 Å². The third-order valence-electron chi connectivity index (χ3n) is 2.17. The minimum atomic E-state index is -0.656. The molecule has 0 aromatic heterocycles. The fourth-order valence-electron chi connectivity index (χ4n) is 1.34. The molecular formula is C15H15NO3. The first kappa shape index (κ1) is 14.5. The van der Waals surface area contributed by atoms with E-state index in [-0.39, 0.29) is 12.2 Å². The average Bonchev–Trinajstić information content (AvgIpc) is 2.44. The largest absolute Gasteiger partial charge is 0.494 e. The van der Waals surface area contributed by atoms with E-state index in [0.717, 1.165) is 11.3 Å². The summed E-state index contributed by atoms with van der Waals surface area (Å²) in [5, 5.41) is 8.93. The second-order valence-electron chi connectivity index (χ2n) is 3.56. The van der Waals surface area contributed by atoms with Crippen LogP contribution in [0.5, 0.6) is 5.75 Å². The van der Waals surface area contributed by atoms with Crippen LogP contribution in [0.4, 0.5) is 0 Å². The highest BCUT2D eigenvalue weighted by atomic mass is 16.5. The summed E-state index contributed by atoms with van der Waals surface area (Å²) in [5.41, 5.74) is 0.682. The molecule has 0 saturated carbocycles. The summed E-state index contributed by atoms with van der Waals surface area (Å²) < 4.78 is 10.1. The maximum Gasteiger partial charge on any atom is 0.349 e. The number of hydrogen-bond acceptors (Lipinski definition) is 4. The number of nitrogens with zero attached hydrogens (tertiary/aromatic N) is 1. The van der Waals surface area contributed by atoms with Gasteiger partial charge in [-0.2, -0.15) is 5.26 Å². The van der Waals surface area contributed by atoms with Gasteiger partial charge >= 0.3 is 5.97 Å². The van der Waals surface area contributed by atoms with Crippen molar-refractivity contribution in [2.24, 2.45) is 0 Å². The standard InChI is InChI=1S/C15H15NO3/c1-3-9-19-15(17)13(11-16)10-12-5-7-14(8-6-12)18-4-2/h3,5-8,10H,1,4,9H2,2H3/b13-10-. The van der Waals surface area contributed by atoms with Crippen molar-refractivity contribution in [3.05, 3.63) is 48.1 Å². The summed E-state index contributed by atoms with van der Waals surface area (Å²) in [5.74, 6) is 0.0867. The Labute approximate surface area is 112 Å². The van der Waals surface area contributed by atoms with Gasteiger partial charge < -0.3 is 9.47 Å². The molecule has 1 aromatic carbocycles. The van der Waals surface area contributed by atoms with Crippen LogP contribution in [0.15, 0.2) is 42.5 Å². The lowest BCUT2D eigenvalue weighted by atomic mass is 10.1. The van der Waals surface area contributed by atoms with E-state index >= 15 is 0 Å². The molecule has 0 saturated heterocycles. The Morgan fingerprint density at radius 2 is 2.11 bits per heavy atom. The average molecular weight is 257 g/mol. The molecule has 4 heteroatoms. The lowest BCUT2D eigenvalue weighted by Gasteiger charge is -2.03. The Morgan fingerprint density at radius 1 is 1.42 bits per heavy atom. The van der Waals surface area contributed by atoms with Gasteiger partial charge in [0.2, 0.25) is 0 Å². The number of esters is 1. The molecule has 0 heterocycles. The molecule has 0 N–H and O–H groups in total. The zero-order chi connectivity index (χ0) is 14.1. The van der Waals surface area contributed by atoms with Gasteiger partial charge in [0.05, 0.1) is 6.61 Å². The molecule has 0 aliphatic heterocycles. The van der Waals surface area contributed by atoms with Gasteiger partial charge in [0.25, 0.3) is 0 Å². The smallest absolute Gasteiger partial charge is 0.349 e. The summed E-state index contributed by atoms with van der Waals surface area (Å²) in [7, 11) is 0. The minimum Gasteiger partial charge on any atom is -0.494 e. The summed E-state index contributed by atoms with van der Waals surface area (Å²) in [6.07, 6.45) is 2.92. The second kappa shape index (κ2) is 7.72. The number of nitriles is 1. The molecule has 1 aromatic rings. The Morgan fingerprint density at radius 3 is 2.63 bits per heavy atom. The van der Waals surface area contributed by atoms with E-state index in [0.29, 0.717) is 6.61 Å². The maximum absolute atomic E-state index is 11.5. The highest BCUT2D eigenvalue weighted by molar-refractivity contribution is 5.97. The van der Waals surface area contributed by atoms with Crippen molar-refractivity contribution in [1.82, 2.24) is 0 Å². The van der Waals surface area contributed by atoms with Crippen LogP contribution in [0.25, 0.3) is 6.08 Å². The lowest BCUT2D eigenvalue weighted by Crippen LogP contribution is -2.06. The van der Waals surface area contributed by atoms with Crippen LogP contribution in [0, 0.1) is 11.3 Å². The zero-order valence-electron chi connectivity index (χ0n) is 10.8. The molecule has 0 aliphatic carbocycles. The van der Waals surface area contributed by atoms with E-state index < -0.39 is 5.97 Å². The highest BCUT2D eigenvalue weighted by Gasteiger charge is 2.09. The minimum absolute atomic E-state index is 0.0500. The number of rotatable bonds is 6. The fourth-order valence-corrected chi connectivity index (χ4v) is 1.34. The van der Waals surface area contributed by atoms with Crippen molar-refractivity contribution in [2.45, 2.75) is 6.92 Å². The summed E-state index contributed by atoms with van der Waals surface area (Å²) in [6, 6.07) is 8.91. The molecule has 0 unspecified atom stereocenters. The molecule has 4 nitrogen and oxygen atoms in total. The third-order valence-corrected chi connectivity index (χ3v) is 2.17. The Balaban J connectivity index is 2.83. The topological polar surface area (TPSA) is 59.3 Å². The SMILES string of the molecule is C=CCOC(=O)/C(C#N)=C\c1ccc(OCC)cc1. The molecule has 0 amide bonds. The first-order valence-corrected chi connectivity index (χ1v) is 5.84. The molecule has 1 rings (SSSR count). The van der Waals surface area contributed by atoms with Gasteiger partial charge in [-0.15, -0.1) is 0 Å². The lowest BCUT2D eigenvalue weighted by molar-refractivity contribution is -0.137. The second-order valence-corrected chi connectivity index (χ2v) is 3.56. The molecule has 0 spiro atoms. The van der Waals surface area contributed by atoms with Crippen molar-refractivity contribution in [3.8, 4) is 11.8 Å². The zero-order valence-corrected chi connectivity index (χ0v) is 10.8. The molecule has 0 atom stereocenters. The molecular weight excluding hydrogens is 242 g/mol. The van der Waals surface area contributed by atoms with Crippen LogP contribution >= 0.6 is 0 Å². The van der Waals surface area contributed by atoms with Crippen molar-refractivity contribution in [1.29, 1.82) is 5.26 Å². The predicted molar refractivity (Wildman–Crippen MR) is 72.4 cm³/mol. The Bertz CT molecular complexity index is 509. The molecule has 0 bridgehead atoms. The number of ether oxygens (including phenoxy) is 2. The van der Waals surface area contributed by atoms with E-state index in [4.69, 9.17) is 14.7 Å². The Kier molecular flexibility index (Phi) is 5.90. The monoisotopic (exact) mass is 257 g/mol. The number of benzene rings is 1. The summed E-state index contributed by atoms with van der Waals surface area (Å²) in [6.45, 7) is 6.01. The van der Waals surface area contributed by atoms with Gasteiger partial charge in [0.15, 0.2) is 0 Å². The van der Waals surface area contributed by atoms with Gasteiger partial charge in [-0.1, -0.05) is 24.8 Å². The van der Waals surface area contributed by atoms with Crippen molar-refractivity contribution < 1.29 is 14.3 Å². The van der Waals surface area contributed by atoms with E-state index in [1.165, 1.54) is 12.2 Å². The predicted octanol–water partition coefficient (Wildman–Crippen LogP) is 2.72. The van der Waals surface area contributed by atoms with Crippen LogP contribution in [0.1, 0.15) is 12.5 Å². The van der Waals surface area contributed by atoms with Crippen LogP contribution in [0.2, 0.25) is 0 Å². The highest BCUT2D eigenvalue weighted by Crippen LogP contribution is 2.14. The third kappa shape index (κ3) is 4.68. The first-order valence-electron chi connectivity index (χ1n) is 5.84. The molecule has 19 heavy (non-hydrogen) atoms. The van der Waals surface area contributed by atoms with Crippen LogP contribution in [-0.2, 0) is 9.53 Å². The number of carbonyl (C=O) groups excluding carboxylic acids is 1. The van der Waals surface area contributed by atoms with Gasteiger partial charge in [-0.05, 0) is 30.7 Å². The van der Waals surface area contributed by atoms with Crippen molar-refractivity contribution in [2.75, 3.05) is 13.2 Å². The number of hydrogen-bond donors (Lipinski definition) is 0. The van der Waals surface area contributed by atoms with E-state index in [1.54, 1.807) is 24.3 Å². The normalized spacial score (nSPS) is 10.4. The van der Waals surface area contributed by atoms with E-state index in [9.17, 15) is 4.79 Å².